The third-order valence-corrected chi connectivity index (χ3v) is 2.65. The molecule has 1 heterocycles. The van der Waals surface area contributed by atoms with Gasteiger partial charge in [-0.15, -0.1) is 0 Å². The molecule has 1 aromatic heterocycles. The molecule has 0 saturated heterocycles. The highest BCUT2D eigenvalue weighted by Gasteiger charge is 2.35. The highest BCUT2D eigenvalue weighted by Crippen LogP contribution is 2.33. The van der Waals surface area contributed by atoms with Gasteiger partial charge in [0, 0.05) is 23.5 Å². The van der Waals surface area contributed by atoms with Gasteiger partial charge in [0.15, 0.2) is 5.78 Å². The molecule has 2 nitrogen and oxygen atoms in total. The van der Waals surface area contributed by atoms with E-state index in [2.05, 4.69) is 4.98 Å². The van der Waals surface area contributed by atoms with Crippen molar-refractivity contribution in [3.8, 4) is 0 Å². The minimum atomic E-state index is -4.55. The SMILES string of the molecule is Cc1ccc(C(F)(F)F)c(C(=O)c2cccnc2)c1. The predicted octanol–water partition coefficient (Wildman–Crippen LogP) is 3.64. The molecule has 1 aromatic carbocycles. The average Bonchev–Trinajstić information content (AvgIpc) is 2.37. The zero-order valence-corrected chi connectivity index (χ0v) is 10.0. The Kier molecular flexibility index (Phi) is 3.38. The first-order valence-electron chi connectivity index (χ1n) is 5.52. The van der Waals surface area contributed by atoms with Crippen molar-refractivity contribution in [2.24, 2.45) is 0 Å². The van der Waals surface area contributed by atoms with Crippen molar-refractivity contribution in [1.29, 1.82) is 0 Å². The minimum absolute atomic E-state index is 0.138. The fourth-order valence-electron chi connectivity index (χ4n) is 1.75. The van der Waals surface area contributed by atoms with Gasteiger partial charge in [0.2, 0.25) is 0 Å². The molecule has 0 bridgehead atoms. The predicted molar refractivity (Wildman–Crippen MR) is 63.9 cm³/mol. The smallest absolute Gasteiger partial charge is 0.289 e. The van der Waals surface area contributed by atoms with Gasteiger partial charge in [-0.1, -0.05) is 11.6 Å². The molecule has 0 spiro atoms. The van der Waals surface area contributed by atoms with Gasteiger partial charge in [0.25, 0.3) is 0 Å². The number of aryl methyl sites for hydroxylation is 1. The number of hydrogen-bond donors (Lipinski definition) is 0. The lowest BCUT2D eigenvalue weighted by molar-refractivity contribution is -0.137. The van der Waals surface area contributed by atoms with Crippen LogP contribution in [0.25, 0.3) is 0 Å². The number of aromatic nitrogens is 1. The molecule has 0 N–H and O–H groups in total. The van der Waals surface area contributed by atoms with Crippen LogP contribution < -0.4 is 0 Å². The number of alkyl halides is 3. The maximum absolute atomic E-state index is 12.9. The van der Waals surface area contributed by atoms with Gasteiger partial charge < -0.3 is 0 Å². The maximum Gasteiger partial charge on any atom is 0.417 e. The first kappa shape index (κ1) is 13.3. The number of hydrogen-bond acceptors (Lipinski definition) is 2. The standard InChI is InChI=1S/C14H10F3NO/c1-9-4-5-12(14(15,16)17)11(7-9)13(19)10-3-2-6-18-8-10/h2-8H,1H3. The number of pyridine rings is 1. The lowest BCUT2D eigenvalue weighted by atomic mass is 9.97. The lowest BCUT2D eigenvalue weighted by Gasteiger charge is -2.12. The molecule has 0 unspecified atom stereocenters. The van der Waals surface area contributed by atoms with Crippen molar-refractivity contribution < 1.29 is 18.0 Å². The topological polar surface area (TPSA) is 30.0 Å². The van der Waals surface area contributed by atoms with Gasteiger partial charge >= 0.3 is 6.18 Å². The molecule has 2 rings (SSSR count). The number of benzene rings is 1. The summed E-state index contributed by atoms with van der Waals surface area (Å²) in [6, 6.07) is 6.47. The van der Waals surface area contributed by atoms with Crippen LogP contribution in [-0.4, -0.2) is 10.8 Å². The molecule has 0 amide bonds. The van der Waals surface area contributed by atoms with Gasteiger partial charge in [-0.05, 0) is 31.2 Å². The van der Waals surface area contributed by atoms with E-state index in [4.69, 9.17) is 0 Å². The van der Waals surface area contributed by atoms with E-state index < -0.39 is 17.5 Å². The quantitative estimate of drug-likeness (QED) is 0.776. The highest BCUT2D eigenvalue weighted by atomic mass is 19.4. The fraction of sp³-hybridized carbons (Fsp3) is 0.143. The third kappa shape index (κ3) is 2.81. The van der Waals surface area contributed by atoms with Crippen molar-refractivity contribution in [2.75, 3.05) is 0 Å². The van der Waals surface area contributed by atoms with E-state index in [1.807, 2.05) is 0 Å². The number of ketones is 1. The molecule has 5 heteroatoms. The van der Waals surface area contributed by atoms with Crippen LogP contribution in [0.5, 0.6) is 0 Å². The van der Waals surface area contributed by atoms with Crippen molar-refractivity contribution in [1.82, 2.24) is 4.98 Å². The molecule has 2 aromatic rings. The largest absolute Gasteiger partial charge is 0.417 e. The van der Waals surface area contributed by atoms with Crippen molar-refractivity contribution in [2.45, 2.75) is 13.1 Å². The maximum atomic E-state index is 12.9. The average molecular weight is 265 g/mol. The lowest BCUT2D eigenvalue weighted by Crippen LogP contribution is -2.14. The van der Waals surface area contributed by atoms with Gasteiger partial charge in [-0.3, -0.25) is 9.78 Å². The molecular weight excluding hydrogens is 255 g/mol. The summed E-state index contributed by atoms with van der Waals surface area (Å²) in [6.07, 6.45) is -1.84. The van der Waals surface area contributed by atoms with E-state index in [-0.39, 0.29) is 11.1 Å². The van der Waals surface area contributed by atoms with Gasteiger partial charge in [0.05, 0.1) is 5.56 Å². The molecule has 0 radical (unpaired) electrons. The Labute approximate surface area is 107 Å². The van der Waals surface area contributed by atoms with Crippen molar-refractivity contribution in [3.63, 3.8) is 0 Å². The van der Waals surface area contributed by atoms with Crippen molar-refractivity contribution >= 4 is 5.78 Å². The van der Waals surface area contributed by atoms with Crippen molar-refractivity contribution in [3.05, 3.63) is 65.0 Å². The van der Waals surface area contributed by atoms with E-state index in [9.17, 15) is 18.0 Å². The Hall–Kier alpha value is -2.17. The van der Waals surface area contributed by atoms with Gasteiger partial charge in [-0.25, -0.2) is 0 Å². The highest BCUT2D eigenvalue weighted by molar-refractivity contribution is 6.09. The number of nitrogens with zero attached hydrogens (tertiary/aromatic N) is 1. The first-order valence-corrected chi connectivity index (χ1v) is 5.52. The number of rotatable bonds is 2. The summed E-state index contributed by atoms with van der Waals surface area (Å²) in [5.74, 6) is -0.677. The second-order valence-electron chi connectivity index (χ2n) is 4.12. The Balaban J connectivity index is 2.56. The van der Waals surface area contributed by atoms with Gasteiger partial charge in [0.1, 0.15) is 0 Å². The molecule has 98 valence electrons. The summed E-state index contributed by atoms with van der Waals surface area (Å²) in [6.45, 7) is 1.64. The molecule has 0 aliphatic rings. The Morgan fingerprint density at radius 2 is 1.95 bits per heavy atom. The Bertz CT molecular complexity index is 606. The molecule has 19 heavy (non-hydrogen) atoms. The fourth-order valence-corrected chi connectivity index (χ4v) is 1.75. The van der Waals surface area contributed by atoms with Crippen LogP contribution in [0.2, 0.25) is 0 Å². The summed E-state index contributed by atoms with van der Waals surface area (Å²) in [4.78, 5) is 15.9. The monoisotopic (exact) mass is 265 g/mol. The summed E-state index contributed by atoms with van der Waals surface area (Å²) in [5.41, 5.74) is -0.536. The van der Waals surface area contributed by atoms with Crippen LogP contribution in [0.1, 0.15) is 27.0 Å². The van der Waals surface area contributed by atoms with Crippen LogP contribution in [0, 0.1) is 6.92 Å². The zero-order chi connectivity index (χ0) is 14.0. The summed E-state index contributed by atoms with van der Waals surface area (Å²) >= 11 is 0. The third-order valence-electron chi connectivity index (χ3n) is 2.65. The van der Waals surface area contributed by atoms with E-state index >= 15 is 0 Å². The summed E-state index contributed by atoms with van der Waals surface area (Å²) < 4.78 is 38.7. The number of carbonyl (C=O) groups is 1. The van der Waals surface area contributed by atoms with Crippen LogP contribution in [0.3, 0.4) is 0 Å². The number of halogens is 3. The van der Waals surface area contributed by atoms with E-state index in [1.165, 1.54) is 36.7 Å². The molecular formula is C14H10F3NO. The first-order chi connectivity index (χ1) is 8.89. The summed E-state index contributed by atoms with van der Waals surface area (Å²) in [5, 5.41) is 0. The molecule has 0 atom stereocenters. The van der Waals surface area contributed by atoms with Crippen LogP contribution in [0.15, 0.2) is 42.7 Å². The second kappa shape index (κ2) is 4.84. The molecule has 0 aliphatic carbocycles. The molecule has 0 fully saturated rings. The molecule has 0 aliphatic heterocycles. The van der Waals surface area contributed by atoms with Gasteiger partial charge in [-0.2, -0.15) is 13.2 Å². The Morgan fingerprint density at radius 3 is 2.53 bits per heavy atom. The normalized spacial score (nSPS) is 11.4. The second-order valence-corrected chi connectivity index (χ2v) is 4.12. The molecule has 0 saturated carbocycles. The minimum Gasteiger partial charge on any atom is -0.289 e. The van der Waals surface area contributed by atoms with Crippen LogP contribution in [0.4, 0.5) is 13.2 Å². The Morgan fingerprint density at radius 1 is 1.21 bits per heavy atom. The summed E-state index contributed by atoms with van der Waals surface area (Å²) in [7, 11) is 0. The van der Waals surface area contributed by atoms with Crippen LogP contribution >= 0.6 is 0 Å². The van der Waals surface area contributed by atoms with E-state index in [0.717, 1.165) is 6.07 Å². The van der Waals surface area contributed by atoms with E-state index in [0.29, 0.717) is 5.56 Å². The number of carbonyl (C=O) groups excluding carboxylic acids is 1. The van der Waals surface area contributed by atoms with E-state index in [1.54, 1.807) is 6.92 Å². The van der Waals surface area contributed by atoms with Crippen LogP contribution in [-0.2, 0) is 6.18 Å². The zero-order valence-electron chi connectivity index (χ0n) is 10.0.